The zero-order chi connectivity index (χ0) is 19.6. The first-order valence-electron chi connectivity index (χ1n) is 10.0. The van der Waals surface area contributed by atoms with Crippen LogP contribution in [0.5, 0.6) is 0 Å². The number of carbonyl (C=O) groups is 1. The molecule has 9 heteroatoms. The van der Waals surface area contributed by atoms with Crippen molar-refractivity contribution < 1.29 is 9.53 Å². The summed E-state index contributed by atoms with van der Waals surface area (Å²) in [6.45, 7) is 4.59. The van der Waals surface area contributed by atoms with E-state index in [-0.39, 0.29) is 11.8 Å². The number of hydrogen-bond donors (Lipinski definition) is 0. The minimum atomic E-state index is -0.0823. The molecule has 2 saturated heterocycles. The van der Waals surface area contributed by atoms with Crippen molar-refractivity contribution in [3.8, 4) is 0 Å². The van der Waals surface area contributed by atoms with Gasteiger partial charge in [0.25, 0.3) is 5.91 Å². The van der Waals surface area contributed by atoms with Gasteiger partial charge in [0, 0.05) is 44.5 Å². The number of likely N-dealkylation sites (tertiary alicyclic amines) is 1. The van der Waals surface area contributed by atoms with Gasteiger partial charge >= 0.3 is 0 Å². The third kappa shape index (κ3) is 3.65. The average Bonchev–Trinajstić information content (AvgIpc) is 3.23. The Kier molecular flexibility index (Phi) is 4.81. The Morgan fingerprint density at radius 1 is 1.14 bits per heavy atom. The van der Waals surface area contributed by atoms with E-state index in [4.69, 9.17) is 14.8 Å². The van der Waals surface area contributed by atoms with Crippen LogP contribution < -0.4 is 4.90 Å². The van der Waals surface area contributed by atoms with Crippen LogP contribution in [0, 0.1) is 0 Å². The molecule has 1 unspecified atom stereocenters. The van der Waals surface area contributed by atoms with Gasteiger partial charge in [0.2, 0.25) is 0 Å². The highest BCUT2D eigenvalue weighted by molar-refractivity contribution is 5.92. The van der Waals surface area contributed by atoms with Gasteiger partial charge in [-0.1, -0.05) is 0 Å². The van der Waals surface area contributed by atoms with E-state index in [1.165, 1.54) is 6.20 Å². The van der Waals surface area contributed by atoms with Gasteiger partial charge in [-0.15, -0.1) is 0 Å². The molecule has 5 rings (SSSR count). The molecular weight excluding hydrogens is 370 g/mol. The number of pyridine rings is 1. The Balaban J connectivity index is 1.35. The molecule has 150 valence electrons. The molecule has 2 aliphatic heterocycles. The summed E-state index contributed by atoms with van der Waals surface area (Å²) in [6.07, 6.45) is 8.55. The molecule has 0 aliphatic carbocycles. The van der Waals surface area contributed by atoms with Gasteiger partial charge < -0.3 is 14.5 Å². The highest BCUT2D eigenvalue weighted by Gasteiger charge is 2.28. The van der Waals surface area contributed by atoms with Crippen molar-refractivity contribution in [2.24, 2.45) is 0 Å². The number of carbonyl (C=O) groups excluding carboxylic acids is 1. The number of morpholine rings is 1. The lowest BCUT2D eigenvalue weighted by atomic mass is 9.97. The number of rotatable bonds is 3. The van der Waals surface area contributed by atoms with Crippen LogP contribution in [0.25, 0.3) is 5.65 Å². The molecule has 0 radical (unpaired) electrons. The lowest BCUT2D eigenvalue weighted by Crippen LogP contribution is -2.39. The van der Waals surface area contributed by atoms with Gasteiger partial charge in [0.1, 0.15) is 5.69 Å². The molecule has 5 heterocycles. The molecule has 0 bridgehead atoms. The molecule has 1 atom stereocenters. The van der Waals surface area contributed by atoms with Crippen molar-refractivity contribution >= 4 is 17.2 Å². The van der Waals surface area contributed by atoms with E-state index in [1.807, 2.05) is 21.7 Å². The summed E-state index contributed by atoms with van der Waals surface area (Å²) < 4.78 is 7.29. The molecule has 2 fully saturated rings. The van der Waals surface area contributed by atoms with Crippen molar-refractivity contribution in [3.05, 3.63) is 48.4 Å². The van der Waals surface area contributed by atoms with E-state index in [0.29, 0.717) is 12.2 Å². The van der Waals surface area contributed by atoms with E-state index in [1.54, 1.807) is 12.4 Å². The van der Waals surface area contributed by atoms with Crippen molar-refractivity contribution in [3.63, 3.8) is 0 Å². The minimum absolute atomic E-state index is 0.0823. The molecule has 0 N–H and O–H groups in total. The van der Waals surface area contributed by atoms with Crippen molar-refractivity contribution in [1.29, 1.82) is 0 Å². The second kappa shape index (κ2) is 7.75. The fourth-order valence-electron chi connectivity index (χ4n) is 4.01. The second-order valence-electron chi connectivity index (χ2n) is 7.44. The Bertz CT molecular complexity index is 1000. The molecule has 0 spiro atoms. The van der Waals surface area contributed by atoms with Gasteiger partial charge in [-0.3, -0.25) is 9.78 Å². The predicted octanol–water partition coefficient (Wildman–Crippen LogP) is 1.38. The SMILES string of the molecule is O=C(c1cnccn1)N1CCCC(c2nc3ccc(N4CCOCC4)cn3n2)C1. The van der Waals surface area contributed by atoms with Crippen LogP contribution in [-0.4, -0.2) is 74.8 Å². The van der Waals surface area contributed by atoms with Crippen LogP contribution in [0.15, 0.2) is 36.9 Å². The molecule has 29 heavy (non-hydrogen) atoms. The highest BCUT2D eigenvalue weighted by Crippen LogP contribution is 2.26. The summed E-state index contributed by atoms with van der Waals surface area (Å²) in [5.74, 6) is 0.832. The van der Waals surface area contributed by atoms with Gasteiger partial charge in [-0.25, -0.2) is 14.5 Å². The summed E-state index contributed by atoms with van der Waals surface area (Å²) in [7, 11) is 0. The Hall–Kier alpha value is -3.07. The first-order chi connectivity index (χ1) is 14.3. The van der Waals surface area contributed by atoms with Crippen molar-refractivity contribution in [2.75, 3.05) is 44.3 Å². The maximum absolute atomic E-state index is 12.7. The number of anilines is 1. The lowest BCUT2D eigenvalue weighted by Gasteiger charge is -2.31. The zero-order valence-electron chi connectivity index (χ0n) is 16.1. The molecule has 0 saturated carbocycles. The topological polar surface area (TPSA) is 88.8 Å². The summed E-state index contributed by atoms with van der Waals surface area (Å²) in [5, 5.41) is 4.74. The molecule has 3 aromatic rings. The number of ether oxygens (including phenoxy) is 1. The quantitative estimate of drug-likeness (QED) is 0.664. The molecule has 0 aromatic carbocycles. The maximum atomic E-state index is 12.7. The molecule has 2 aliphatic rings. The monoisotopic (exact) mass is 393 g/mol. The summed E-state index contributed by atoms with van der Waals surface area (Å²) >= 11 is 0. The third-order valence-electron chi connectivity index (χ3n) is 5.56. The number of fused-ring (bicyclic) bond motifs is 1. The van der Waals surface area contributed by atoms with E-state index in [0.717, 1.165) is 62.8 Å². The second-order valence-corrected chi connectivity index (χ2v) is 7.44. The fraction of sp³-hybridized carbons (Fsp3) is 0.450. The van der Waals surface area contributed by atoms with Crippen LogP contribution in [-0.2, 0) is 4.74 Å². The maximum Gasteiger partial charge on any atom is 0.274 e. The number of piperidine rings is 1. The Labute approximate surface area is 168 Å². The fourth-order valence-corrected chi connectivity index (χ4v) is 4.01. The number of hydrogen-bond acceptors (Lipinski definition) is 7. The highest BCUT2D eigenvalue weighted by atomic mass is 16.5. The number of aromatic nitrogens is 5. The standard InChI is InChI=1S/C20H23N7O2/c28-20(17-12-21-5-6-22-17)26-7-1-2-15(13-26)19-23-18-4-3-16(14-27(18)24-19)25-8-10-29-11-9-25/h3-6,12,14-15H,1-2,7-11,13H2. The van der Waals surface area contributed by atoms with Gasteiger partial charge in [0.15, 0.2) is 11.5 Å². The molecular formula is C20H23N7O2. The van der Waals surface area contributed by atoms with Crippen LogP contribution in [0.2, 0.25) is 0 Å². The minimum Gasteiger partial charge on any atom is -0.378 e. The molecule has 3 aromatic heterocycles. The Morgan fingerprint density at radius 3 is 2.86 bits per heavy atom. The number of amides is 1. The first kappa shape index (κ1) is 18.0. The first-order valence-corrected chi connectivity index (χ1v) is 10.0. The van der Waals surface area contributed by atoms with Crippen LogP contribution in [0.1, 0.15) is 35.1 Å². The van der Waals surface area contributed by atoms with Crippen molar-refractivity contribution in [1.82, 2.24) is 29.5 Å². The Morgan fingerprint density at radius 2 is 2.03 bits per heavy atom. The largest absolute Gasteiger partial charge is 0.378 e. The van der Waals surface area contributed by atoms with Gasteiger partial charge in [-0.05, 0) is 25.0 Å². The van der Waals surface area contributed by atoms with Crippen LogP contribution >= 0.6 is 0 Å². The van der Waals surface area contributed by atoms with E-state index < -0.39 is 0 Å². The summed E-state index contributed by atoms with van der Waals surface area (Å²) in [4.78, 5) is 29.7. The predicted molar refractivity (Wildman–Crippen MR) is 106 cm³/mol. The van der Waals surface area contributed by atoms with E-state index >= 15 is 0 Å². The molecule has 1 amide bonds. The average molecular weight is 393 g/mol. The van der Waals surface area contributed by atoms with Crippen LogP contribution in [0.4, 0.5) is 5.69 Å². The van der Waals surface area contributed by atoms with Gasteiger partial charge in [0.05, 0.1) is 31.3 Å². The number of nitrogens with zero attached hydrogens (tertiary/aromatic N) is 7. The lowest BCUT2D eigenvalue weighted by molar-refractivity contribution is 0.0698. The van der Waals surface area contributed by atoms with Crippen molar-refractivity contribution in [2.45, 2.75) is 18.8 Å². The molecule has 9 nitrogen and oxygen atoms in total. The summed E-state index contributed by atoms with van der Waals surface area (Å²) in [6, 6.07) is 4.09. The zero-order valence-corrected chi connectivity index (χ0v) is 16.1. The van der Waals surface area contributed by atoms with E-state index in [2.05, 4.69) is 20.9 Å². The van der Waals surface area contributed by atoms with Gasteiger partial charge in [-0.2, -0.15) is 5.10 Å². The smallest absolute Gasteiger partial charge is 0.274 e. The van der Waals surface area contributed by atoms with E-state index in [9.17, 15) is 4.79 Å². The third-order valence-corrected chi connectivity index (χ3v) is 5.56. The summed E-state index contributed by atoms with van der Waals surface area (Å²) in [5.41, 5.74) is 2.33. The normalized spacial score (nSPS) is 20.2. The van der Waals surface area contributed by atoms with Crippen LogP contribution in [0.3, 0.4) is 0 Å².